The molecule has 0 bridgehead atoms. The summed E-state index contributed by atoms with van der Waals surface area (Å²) >= 11 is 0. The van der Waals surface area contributed by atoms with Gasteiger partial charge in [-0.05, 0) is 18.6 Å². The lowest BCUT2D eigenvalue weighted by Crippen LogP contribution is -2.11. The predicted molar refractivity (Wildman–Crippen MR) is 55.9 cm³/mol. The second-order valence-electron chi connectivity index (χ2n) is 3.62. The first kappa shape index (κ1) is 12.8. The summed E-state index contributed by atoms with van der Waals surface area (Å²) in [5, 5.41) is 0. The average molecular weight is 233 g/mol. The molecule has 0 saturated carbocycles. The van der Waals surface area contributed by atoms with Crippen LogP contribution in [0.4, 0.5) is 18.9 Å². The van der Waals surface area contributed by atoms with Gasteiger partial charge >= 0.3 is 6.18 Å². The van der Waals surface area contributed by atoms with E-state index in [1.54, 1.807) is 12.1 Å². The van der Waals surface area contributed by atoms with Crippen molar-refractivity contribution in [2.24, 2.45) is 0 Å². The lowest BCUT2D eigenvalue weighted by Gasteiger charge is -2.09. The minimum absolute atomic E-state index is 0.113. The summed E-state index contributed by atoms with van der Waals surface area (Å²) in [6.07, 6.45) is -5.10. The van der Waals surface area contributed by atoms with Crippen molar-refractivity contribution in [1.29, 1.82) is 0 Å². The van der Waals surface area contributed by atoms with Crippen LogP contribution in [-0.4, -0.2) is 12.8 Å². The van der Waals surface area contributed by atoms with Gasteiger partial charge in [-0.25, -0.2) is 0 Å². The molecule has 90 valence electrons. The van der Waals surface area contributed by atoms with Crippen LogP contribution in [0.5, 0.6) is 0 Å². The van der Waals surface area contributed by atoms with Gasteiger partial charge in [-0.1, -0.05) is 12.1 Å². The van der Waals surface area contributed by atoms with Crippen molar-refractivity contribution >= 4 is 5.69 Å². The minimum Gasteiger partial charge on any atom is -0.398 e. The lowest BCUT2D eigenvalue weighted by atomic mass is 10.1. The third-order valence-electron chi connectivity index (χ3n) is 2.09. The zero-order valence-electron chi connectivity index (χ0n) is 8.97. The molecule has 16 heavy (non-hydrogen) atoms. The summed E-state index contributed by atoms with van der Waals surface area (Å²) in [6, 6.07) is 5.37. The Bertz CT molecular complexity index is 350. The number of aryl methyl sites for hydroxylation is 1. The van der Waals surface area contributed by atoms with E-state index < -0.39 is 12.6 Å². The van der Waals surface area contributed by atoms with Gasteiger partial charge in [0, 0.05) is 11.3 Å². The van der Waals surface area contributed by atoms with Gasteiger partial charge in [-0.15, -0.1) is 0 Å². The van der Waals surface area contributed by atoms with Gasteiger partial charge in [0.15, 0.2) is 0 Å². The Morgan fingerprint density at radius 1 is 1.31 bits per heavy atom. The van der Waals surface area contributed by atoms with Crippen LogP contribution in [0.1, 0.15) is 17.5 Å². The van der Waals surface area contributed by atoms with Gasteiger partial charge in [0.25, 0.3) is 0 Å². The Labute approximate surface area is 92.2 Å². The molecule has 2 nitrogen and oxygen atoms in total. The van der Waals surface area contributed by atoms with Crippen LogP contribution in [-0.2, 0) is 11.3 Å². The number of nitrogens with two attached hydrogens (primary N) is 1. The lowest BCUT2D eigenvalue weighted by molar-refractivity contribution is -0.146. The van der Waals surface area contributed by atoms with Gasteiger partial charge in [0.2, 0.25) is 0 Å². The van der Waals surface area contributed by atoms with E-state index >= 15 is 0 Å². The fourth-order valence-corrected chi connectivity index (χ4v) is 1.22. The van der Waals surface area contributed by atoms with E-state index in [1.807, 2.05) is 13.0 Å². The summed E-state index contributed by atoms with van der Waals surface area (Å²) in [5.74, 6) is 0. The van der Waals surface area contributed by atoms with E-state index in [2.05, 4.69) is 0 Å². The molecule has 1 aromatic carbocycles. The summed E-state index contributed by atoms with van der Waals surface area (Å²) in [6.45, 7) is 1.67. The molecule has 0 aliphatic carbocycles. The first-order valence-corrected chi connectivity index (χ1v) is 4.88. The first-order valence-electron chi connectivity index (χ1n) is 4.88. The van der Waals surface area contributed by atoms with Gasteiger partial charge in [0.1, 0.15) is 0 Å². The van der Waals surface area contributed by atoms with Crippen LogP contribution < -0.4 is 5.73 Å². The average Bonchev–Trinajstić information content (AvgIpc) is 2.13. The van der Waals surface area contributed by atoms with E-state index in [-0.39, 0.29) is 13.2 Å². The highest BCUT2D eigenvalue weighted by Gasteiger charge is 2.26. The second kappa shape index (κ2) is 5.21. The van der Waals surface area contributed by atoms with Crippen LogP contribution in [0.15, 0.2) is 18.2 Å². The first-order chi connectivity index (χ1) is 7.38. The topological polar surface area (TPSA) is 35.2 Å². The van der Waals surface area contributed by atoms with Gasteiger partial charge in [-0.3, -0.25) is 0 Å². The van der Waals surface area contributed by atoms with Crippen molar-refractivity contribution in [2.75, 3.05) is 12.3 Å². The maximum absolute atomic E-state index is 11.8. The molecular formula is C11H14F3NO. The number of hydrogen-bond acceptors (Lipinski definition) is 2. The van der Waals surface area contributed by atoms with Crippen LogP contribution >= 0.6 is 0 Å². The second-order valence-corrected chi connectivity index (χ2v) is 3.62. The number of alkyl halides is 3. The quantitative estimate of drug-likeness (QED) is 0.640. The molecule has 0 aliphatic rings. The van der Waals surface area contributed by atoms with Crippen molar-refractivity contribution in [1.82, 2.24) is 0 Å². The predicted octanol–water partition coefficient (Wildman–Crippen LogP) is 3.05. The molecule has 0 radical (unpaired) electrons. The van der Waals surface area contributed by atoms with Crippen LogP contribution in [0.3, 0.4) is 0 Å². The molecule has 0 spiro atoms. The maximum Gasteiger partial charge on any atom is 0.391 e. The highest BCUT2D eigenvalue weighted by atomic mass is 19.4. The normalized spacial score (nSPS) is 11.8. The number of halogens is 3. The van der Waals surface area contributed by atoms with Crippen LogP contribution in [0.25, 0.3) is 0 Å². The fraction of sp³-hybridized carbons (Fsp3) is 0.455. The molecule has 2 N–H and O–H groups in total. The smallest absolute Gasteiger partial charge is 0.391 e. The molecule has 0 aliphatic heterocycles. The standard InChI is InChI=1S/C11H14F3NO/c1-8-2-3-9(10(15)6-8)7-16-5-4-11(12,13)14/h2-3,6H,4-5,7,15H2,1H3. The molecule has 0 fully saturated rings. The van der Waals surface area contributed by atoms with Gasteiger partial charge in [0.05, 0.1) is 19.6 Å². The minimum atomic E-state index is -4.17. The summed E-state index contributed by atoms with van der Waals surface area (Å²) in [5.41, 5.74) is 7.96. The Morgan fingerprint density at radius 3 is 2.56 bits per heavy atom. The van der Waals surface area contributed by atoms with Crippen LogP contribution in [0.2, 0.25) is 0 Å². The summed E-state index contributed by atoms with van der Waals surface area (Å²) in [7, 11) is 0. The van der Waals surface area contributed by atoms with Gasteiger partial charge in [-0.2, -0.15) is 13.2 Å². The Balaban J connectivity index is 2.38. The number of benzene rings is 1. The molecule has 1 aromatic rings. The third kappa shape index (κ3) is 4.53. The Kier molecular flexibility index (Phi) is 4.18. The molecule has 0 heterocycles. The molecule has 0 atom stereocenters. The van der Waals surface area contributed by atoms with E-state index in [0.29, 0.717) is 11.3 Å². The molecular weight excluding hydrogens is 219 g/mol. The molecule has 0 saturated heterocycles. The monoisotopic (exact) mass is 233 g/mol. The number of ether oxygens (including phenoxy) is 1. The number of hydrogen-bond donors (Lipinski definition) is 1. The SMILES string of the molecule is Cc1ccc(COCCC(F)(F)F)c(N)c1. The Hall–Kier alpha value is -1.23. The highest BCUT2D eigenvalue weighted by molar-refractivity contribution is 5.48. The van der Waals surface area contributed by atoms with Crippen molar-refractivity contribution in [3.05, 3.63) is 29.3 Å². The maximum atomic E-state index is 11.8. The summed E-state index contributed by atoms with van der Waals surface area (Å²) in [4.78, 5) is 0. The number of nitrogen functional groups attached to an aromatic ring is 1. The molecule has 0 unspecified atom stereocenters. The van der Waals surface area contributed by atoms with Gasteiger partial charge < -0.3 is 10.5 Å². The van der Waals surface area contributed by atoms with E-state index in [9.17, 15) is 13.2 Å². The molecule has 0 aromatic heterocycles. The van der Waals surface area contributed by atoms with Crippen LogP contribution in [0, 0.1) is 6.92 Å². The van der Waals surface area contributed by atoms with E-state index in [0.717, 1.165) is 5.56 Å². The molecule has 5 heteroatoms. The highest BCUT2D eigenvalue weighted by Crippen LogP contribution is 2.20. The van der Waals surface area contributed by atoms with E-state index in [1.165, 1.54) is 0 Å². The number of rotatable bonds is 4. The zero-order chi connectivity index (χ0) is 12.2. The zero-order valence-corrected chi connectivity index (χ0v) is 8.97. The fourth-order valence-electron chi connectivity index (χ4n) is 1.22. The summed E-state index contributed by atoms with van der Waals surface area (Å²) < 4.78 is 40.3. The van der Waals surface area contributed by atoms with Crippen molar-refractivity contribution in [3.8, 4) is 0 Å². The van der Waals surface area contributed by atoms with Crippen molar-refractivity contribution < 1.29 is 17.9 Å². The largest absolute Gasteiger partial charge is 0.398 e. The van der Waals surface area contributed by atoms with Crippen molar-refractivity contribution in [3.63, 3.8) is 0 Å². The number of anilines is 1. The Morgan fingerprint density at radius 2 is 2.00 bits per heavy atom. The molecule has 1 rings (SSSR count). The third-order valence-corrected chi connectivity index (χ3v) is 2.09. The molecule has 0 amide bonds. The van der Waals surface area contributed by atoms with Crippen molar-refractivity contribution in [2.45, 2.75) is 26.1 Å². The van der Waals surface area contributed by atoms with E-state index in [4.69, 9.17) is 10.5 Å².